The molecule has 4 aliphatic rings. The summed E-state index contributed by atoms with van der Waals surface area (Å²) in [6.07, 6.45) is 0. The Labute approximate surface area is 470 Å². The topological polar surface area (TPSA) is 170 Å². The number of halogens is 4. The van der Waals surface area contributed by atoms with Gasteiger partial charge in [-0.3, -0.25) is 19.2 Å². The van der Waals surface area contributed by atoms with E-state index in [4.69, 9.17) is 79.6 Å². The molecule has 17 nitrogen and oxygen atoms in total. The zero-order valence-corrected chi connectivity index (χ0v) is 46.7. The number of amides is 4. The molecule has 2 atom stereocenters. The van der Waals surface area contributed by atoms with Gasteiger partial charge >= 0.3 is 0 Å². The first-order chi connectivity index (χ1) is 37.3. The Morgan fingerprint density at radius 3 is 1.27 bits per heavy atom. The van der Waals surface area contributed by atoms with Crippen LogP contribution in [-0.4, -0.2) is 189 Å². The molecule has 0 saturated carbocycles. The molecule has 77 heavy (non-hydrogen) atoms. The number of fused-ring (bicyclic) bond motifs is 4. The van der Waals surface area contributed by atoms with E-state index in [1.54, 1.807) is 21.9 Å². The Hall–Kier alpha value is -4.44. The van der Waals surface area contributed by atoms with Crippen molar-refractivity contribution in [2.45, 2.75) is 38.0 Å². The maximum Gasteiger partial charge on any atom is 0.254 e. The molecule has 4 amide bonds. The first-order valence-corrected chi connectivity index (χ1v) is 27.6. The number of likely N-dealkylation sites (N-methyl/N-ethyl adjacent to an activating group) is 2. The molecule has 4 aliphatic heterocycles. The molecular formula is C56H68Cl4N6O11. The highest BCUT2D eigenvalue weighted by Crippen LogP contribution is 2.41. The van der Waals surface area contributed by atoms with Crippen LogP contribution in [0.2, 0.25) is 20.1 Å². The summed E-state index contributed by atoms with van der Waals surface area (Å²) in [5.74, 6) is -0.610. The van der Waals surface area contributed by atoms with Gasteiger partial charge in [-0.15, -0.1) is 0 Å². The average molecular weight is 1140 g/mol. The highest BCUT2D eigenvalue weighted by molar-refractivity contribution is 6.35. The van der Waals surface area contributed by atoms with Gasteiger partial charge in [0.1, 0.15) is 13.2 Å². The first-order valence-electron chi connectivity index (χ1n) is 26.1. The molecular weight excluding hydrogens is 1070 g/mol. The summed E-state index contributed by atoms with van der Waals surface area (Å²) in [6, 6.07) is 19.9. The van der Waals surface area contributed by atoms with Crippen molar-refractivity contribution >= 4 is 70.0 Å². The lowest BCUT2D eigenvalue weighted by Crippen LogP contribution is -2.34. The Bertz CT molecular complexity index is 2520. The van der Waals surface area contributed by atoms with Crippen molar-refractivity contribution in [1.29, 1.82) is 0 Å². The van der Waals surface area contributed by atoms with Gasteiger partial charge in [0.2, 0.25) is 11.8 Å². The fourth-order valence-corrected chi connectivity index (χ4v) is 11.2. The molecule has 4 aromatic rings. The summed E-state index contributed by atoms with van der Waals surface area (Å²) in [6.45, 7) is 9.46. The maximum atomic E-state index is 13.4. The summed E-state index contributed by atoms with van der Waals surface area (Å²) in [5.41, 5.74) is 9.97. The quantitative estimate of drug-likeness (QED) is 0.0550. The normalized spacial score (nSPS) is 17.2. The number of carbonyl (C=O) groups excluding carboxylic acids is 4. The van der Waals surface area contributed by atoms with Crippen LogP contribution in [-0.2, 0) is 68.9 Å². The van der Waals surface area contributed by atoms with E-state index in [9.17, 15) is 19.2 Å². The van der Waals surface area contributed by atoms with Crippen molar-refractivity contribution in [3.8, 4) is 0 Å². The second kappa shape index (κ2) is 29.1. The van der Waals surface area contributed by atoms with Crippen LogP contribution in [0.1, 0.15) is 77.1 Å². The van der Waals surface area contributed by atoms with Crippen molar-refractivity contribution in [3.05, 3.63) is 136 Å². The Morgan fingerprint density at radius 2 is 0.870 bits per heavy atom. The molecule has 0 fully saturated rings. The van der Waals surface area contributed by atoms with Crippen LogP contribution in [0.15, 0.2) is 60.7 Å². The van der Waals surface area contributed by atoms with Gasteiger partial charge in [0.05, 0.1) is 79.3 Å². The third-order valence-corrected chi connectivity index (χ3v) is 15.0. The molecule has 21 heteroatoms. The summed E-state index contributed by atoms with van der Waals surface area (Å²) in [5, 5.41) is 7.91. The molecule has 4 heterocycles. The fraction of sp³-hybridized carbons (Fsp3) is 0.500. The number of rotatable bonds is 30. The van der Waals surface area contributed by atoms with Gasteiger partial charge in [0, 0.05) is 109 Å². The number of nitrogens with one attached hydrogen (secondary N) is 2. The van der Waals surface area contributed by atoms with E-state index in [2.05, 4.69) is 58.8 Å². The van der Waals surface area contributed by atoms with E-state index in [0.29, 0.717) is 112 Å². The van der Waals surface area contributed by atoms with Crippen molar-refractivity contribution in [3.63, 3.8) is 0 Å². The maximum absolute atomic E-state index is 13.4. The van der Waals surface area contributed by atoms with Gasteiger partial charge < -0.3 is 63.4 Å². The van der Waals surface area contributed by atoms with Crippen LogP contribution in [0, 0.1) is 0 Å². The molecule has 4 aromatic carbocycles. The Balaban J connectivity index is 0.562. The van der Waals surface area contributed by atoms with E-state index in [1.165, 1.54) is 0 Å². The lowest BCUT2D eigenvalue weighted by Gasteiger charge is -2.33. The van der Waals surface area contributed by atoms with Crippen molar-refractivity contribution in [2.24, 2.45) is 0 Å². The number of carbonyl (C=O) groups is 4. The molecule has 0 saturated heterocycles. The standard InChI is InChI=1S/C56H68Cl4N6O11/c1-63-31-47(45-25-41(57)27-51(59)49(45)33-63)37-3-5-39-29-65(55(69)43(39)23-37)9-13-73-17-21-75-19-15-71-11-7-61-53(67)35-77-36-54(68)62-8-12-72-16-20-76-22-18-74-14-10-66-30-40-6-4-38(24-44(40)56(66)70)48-32-64(2)34-50-46(48)26-42(58)28-52(50)60/h3-6,23-28,47-48H,7-22,29-36H2,1-2H3,(H,61,67)(H,62,68). The molecule has 2 N–H and O–H groups in total. The second-order valence-electron chi connectivity index (χ2n) is 19.6. The highest BCUT2D eigenvalue weighted by Gasteiger charge is 2.33. The number of benzene rings is 4. The molecule has 0 spiro atoms. The van der Waals surface area contributed by atoms with Gasteiger partial charge in [0.15, 0.2) is 0 Å². The highest BCUT2D eigenvalue weighted by atomic mass is 35.5. The zero-order chi connectivity index (χ0) is 54.3. The van der Waals surface area contributed by atoms with Crippen LogP contribution in [0.4, 0.5) is 0 Å². The van der Waals surface area contributed by atoms with E-state index < -0.39 is 0 Å². The number of hydrogen-bond acceptors (Lipinski definition) is 13. The minimum Gasteiger partial charge on any atom is -0.377 e. The van der Waals surface area contributed by atoms with E-state index in [0.717, 1.165) is 81.8 Å². The predicted molar refractivity (Wildman–Crippen MR) is 293 cm³/mol. The third kappa shape index (κ3) is 16.3. The van der Waals surface area contributed by atoms with E-state index in [-0.39, 0.29) is 75.0 Å². The minimum absolute atomic E-state index is 0.000538. The van der Waals surface area contributed by atoms with Crippen molar-refractivity contribution in [2.75, 3.05) is 146 Å². The first kappa shape index (κ1) is 58.7. The lowest BCUT2D eigenvalue weighted by molar-refractivity contribution is -0.131. The molecule has 0 aliphatic carbocycles. The number of ether oxygens (including phenoxy) is 7. The van der Waals surface area contributed by atoms with Gasteiger partial charge in [0.25, 0.3) is 11.8 Å². The molecule has 0 bridgehead atoms. The summed E-state index contributed by atoms with van der Waals surface area (Å²) < 4.78 is 38.9. The predicted octanol–water partition coefficient (Wildman–Crippen LogP) is 6.42. The average Bonchev–Trinajstić information content (AvgIpc) is 3.90. The van der Waals surface area contributed by atoms with Crippen LogP contribution in [0.3, 0.4) is 0 Å². The lowest BCUT2D eigenvalue weighted by atomic mass is 9.84. The van der Waals surface area contributed by atoms with Gasteiger partial charge in [-0.25, -0.2) is 0 Å². The van der Waals surface area contributed by atoms with Crippen LogP contribution >= 0.6 is 46.4 Å². The summed E-state index contributed by atoms with van der Waals surface area (Å²) in [7, 11) is 4.14. The van der Waals surface area contributed by atoms with Gasteiger partial charge in [-0.05, 0) is 95.0 Å². The Kier molecular flexibility index (Phi) is 22.2. The third-order valence-electron chi connectivity index (χ3n) is 13.9. The monoisotopic (exact) mass is 1140 g/mol. The Morgan fingerprint density at radius 1 is 0.494 bits per heavy atom. The van der Waals surface area contributed by atoms with Crippen molar-refractivity contribution in [1.82, 2.24) is 30.2 Å². The number of nitrogens with zero attached hydrogens (tertiary/aromatic N) is 4. The van der Waals surface area contributed by atoms with Crippen molar-refractivity contribution < 1.29 is 52.3 Å². The smallest absolute Gasteiger partial charge is 0.254 e. The van der Waals surface area contributed by atoms with E-state index in [1.807, 2.05) is 24.3 Å². The second-order valence-corrected chi connectivity index (χ2v) is 21.3. The van der Waals surface area contributed by atoms with Crippen LogP contribution < -0.4 is 10.6 Å². The molecule has 8 rings (SSSR count). The van der Waals surface area contributed by atoms with Crippen LogP contribution in [0.5, 0.6) is 0 Å². The molecule has 416 valence electrons. The summed E-state index contributed by atoms with van der Waals surface area (Å²) in [4.78, 5) is 59.0. The van der Waals surface area contributed by atoms with Gasteiger partial charge in [-0.1, -0.05) is 70.7 Å². The fourth-order valence-electron chi connectivity index (χ4n) is 10.1. The minimum atomic E-state index is -0.363. The largest absolute Gasteiger partial charge is 0.377 e. The molecule has 0 aromatic heterocycles. The van der Waals surface area contributed by atoms with E-state index >= 15 is 0 Å². The number of hydrogen-bond donors (Lipinski definition) is 2. The zero-order valence-electron chi connectivity index (χ0n) is 43.7. The van der Waals surface area contributed by atoms with Gasteiger partial charge in [-0.2, -0.15) is 0 Å². The SMILES string of the molecule is CN1Cc2c(Cl)cc(Cl)cc2C(c2ccc3c(c2)C(=O)N(CCOCCOCCOCCNC(=O)COCC(=O)NCCOCCOCCOCCN2Cc4ccc(C5CN(C)Cc6c(Cl)cc(Cl)cc65)cc4C2=O)C3)C1. The molecule has 2 unspecified atom stereocenters. The molecule has 0 radical (unpaired) electrons. The van der Waals surface area contributed by atoms with Crippen LogP contribution in [0.25, 0.3) is 0 Å². The summed E-state index contributed by atoms with van der Waals surface area (Å²) >= 11 is 25.9.